The predicted molar refractivity (Wildman–Crippen MR) is 66.6 cm³/mol. The van der Waals surface area contributed by atoms with Crippen LogP contribution in [0.4, 0.5) is 10.1 Å². The third-order valence-electron chi connectivity index (χ3n) is 2.34. The highest BCUT2D eigenvalue weighted by atomic mass is 19.1. The number of benzene rings is 1. The molecule has 4 N–H and O–H groups in total. The Kier molecular flexibility index (Phi) is 5.42. The molecular formula is C12H18FN3O. The Hall–Kier alpha value is -1.62. The number of halogens is 1. The molecule has 1 amide bonds. The maximum Gasteiger partial charge on any atom is 0.250 e. The van der Waals surface area contributed by atoms with Crippen molar-refractivity contribution in [1.29, 1.82) is 0 Å². The smallest absolute Gasteiger partial charge is 0.250 e. The first-order chi connectivity index (χ1) is 8.15. The highest BCUT2D eigenvalue weighted by Crippen LogP contribution is 2.16. The normalized spacial score (nSPS) is 10.2. The van der Waals surface area contributed by atoms with Gasteiger partial charge < -0.3 is 16.4 Å². The van der Waals surface area contributed by atoms with E-state index in [0.29, 0.717) is 12.2 Å². The van der Waals surface area contributed by atoms with E-state index in [2.05, 4.69) is 10.6 Å². The van der Waals surface area contributed by atoms with Crippen molar-refractivity contribution in [2.24, 2.45) is 5.73 Å². The zero-order valence-corrected chi connectivity index (χ0v) is 9.92. The SMILES string of the molecule is CCNCCCNc1ccc(F)cc1C(N)=O. The fraction of sp³-hybridized carbons (Fsp3) is 0.417. The molecule has 0 fully saturated rings. The third-order valence-corrected chi connectivity index (χ3v) is 2.34. The highest BCUT2D eigenvalue weighted by molar-refractivity contribution is 5.98. The van der Waals surface area contributed by atoms with Gasteiger partial charge in [0.2, 0.25) is 0 Å². The minimum Gasteiger partial charge on any atom is -0.384 e. The Morgan fingerprint density at radius 1 is 1.41 bits per heavy atom. The summed E-state index contributed by atoms with van der Waals surface area (Å²) in [7, 11) is 0. The molecule has 0 saturated heterocycles. The predicted octanol–water partition coefficient (Wildman–Crippen LogP) is 1.34. The second-order valence-corrected chi connectivity index (χ2v) is 3.69. The van der Waals surface area contributed by atoms with Gasteiger partial charge in [-0.15, -0.1) is 0 Å². The van der Waals surface area contributed by atoms with Crippen molar-refractivity contribution in [2.75, 3.05) is 25.0 Å². The van der Waals surface area contributed by atoms with Gasteiger partial charge >= 0.3 is 0 Å². The number of rotatable bonds is 7. The molecule has 0 aromatic heterocycles. The van der Waals surface area contributed by atoms with Crippen molar-refractivity contribution in [2.45, 2.75) is 13.3 Å². The summed E-state index contributed by atoms with van der Waals surface area (Å²) >= 11 is 0. The summed E-state index contributed by atoms with van der Waals surface area (Å²) in [5.41, 5.74) is 5.94. The maximum atomic E-state index is 13.0. The number of nitrogens with two attached hydrogens (primary N) is 1. The molecule has 0 aliphatic rings. The number of carbonyl (C=O) groups excluding carboxylic acids is 1. The van der Waals surface area contributed by atoms with E-state index in [9.17, 15) is 9.18 Å². The highest BCUT2D eigenvalue weighted by Gasteiger charge is 2.08. The van der Waals surface area contributed by atoms with Crippen molar-refractivity contribution < 1.29 is 9.18 Å². The first-order valence-corrected chi connectivity index (χ1v) is 5.69. The number of hydrogen-bond donors (Lipinski definition) is 3. The van der Waals surface area contributed by atoms with Crippen LogP contribution in [0.2, 0.25) is 0 Å². The molecule has 4 nitrogen and oxygen atoms in total. The van der Waals surface area contributed by atoms with Crippen molar-refractivity contribution in [3.63, 3.8) is 0 Å². The average Bonchev–Trinajstić information content (AvgIpc) is 2.30. The lowest BCUT2D eigenvalue weighted by Crippen LogP contribution is -2.19. The number of carbonyl (C=O) groups is 1. The van der Waals surface area contributed by atoms with Crippen LogP contribution >= 0.6 is 0 Å². The average molecular weight is 239 g/mol. The second-order valence-electron chi connectivity index (χ2n) is 3.69. The molecule has 94 valence electrons. The quantitative estimate of drug-likeness (QED) is 0.629. The molecule has 0 bridgehead atoms. The fourth-order valence-electron chi connectivity index (χ4n) is 1.49. The minimum atomic E-state index is -0.626. The number of anilines is 1. The third kappa shape index (κ3) is 4.40. The molecule has 0 saturated carbocycles. The summed E-state index contributed by atoms with van der Waals surface area (Å²) in [6.45, 7) is 4.58. The Labute approximate surface area is 100 Å². The topological polar surface area (TPSA) is 67.2 Å². The van der Waals surface area contributed by atoms with Crippen molar-refractivity contribution in [3.8, 4) is 0 Å². The van der Waals surface area contributed by atoms with E-state index in [1.807, 2.05) is 6.92 Å². The van der Waals surface area contributed by atoms with Crippen LogP contribution in [0.1, 0.15) is 23.7 Å². The van der Waals surface area contributed by atoms with Crippen LogP contribution in [0.5, 0.6) is 0 Å². The Morgan fingerprint density at radius 3 is 2.82 bits per heavy atom. The number of hydrogen-bond acceptors (Lipinski definition) is 3. The molecule has 0 aliphatic heterocycles. The molecule has 1 aromatic rings. The van der Waals surface area contributed by atoms with E-state index in [1.54, 1.807) is 0 Å². The molecule has 0 spiro atoms. The Balaban J connectivity index is 2.55. The van der Waals surface area contributed by atoms with Gasteiger partial charge in [-0.3, -0.25) is 4.79 Å². The number of nitrogens with one attached hydrogen (secondary N) is 2. The summed E-state index contributed by atoms with van der Waals surface area (Å²) in [5.74, 6) is -1.09. The molecule has 0 aliphatic carbocycles. The lowest BCUT2D eigenvalue weighted by molar-refractivity contribution is 0.100. The summed E-state index contributed by atoms with van der Waals surface area (Å²) in [6, 6.07) is 3.98. The van der Waals surface area contributed by atoms with Crippen LogP contribution in [0.15, 0.2) is 18.2 Å². The molecule has 17 heavy (non-hydrogen) atoms. The molecular weight excluding hydrogens is 221 g/mol. The molecule has 0 atom stereocenters. The van der Waals surface area contributed by atoms with Crippen molar-refractivity contribution in [1.82, 2.24) is 5.32 Å². The largest absolute Gasteiger partial charge is 0.384 e. The van der Waals surface area contributed by atoms with E-state index >= 15 is 0 Å². The monoisotopic (exact) mass is 239 g/mol. The first-order valence-electron chi connectivity index (χ1n) is 5.69. The first kappa shape index (κ1) is 13.4. The summed E-state index contributed by atoms with van der Waals surface area (Å²) < 4.78 is 13.0. The summed E-state index contributed by atoms with van der Waals surface area (Å²) in [6.07, 6.45) is 0.920. The zero-order valence-electron chi connectivity index (χ0n) is 9.92. The van der Waals surface area contributed by atoms with E-state index in [4.69, 9.17) is 5.73 Å². The molecule has 1 aromatic carbocycles. The lowest BCUT2D eigenvalue weighted by Gasteiger charge is -2.10. The maximum absolute atomic E-state index is 13.0. The van der Waals surface area contributed by atoms with Crippen LogP contribution in [0.3, 0.4) is 0 Å². The van der Waals surface area contributed by atoms with Gasteiger partial charge in [0.05, 0.1) is 5.56 Å². The Bertz CT molecular complexity index is 382. The molecule has 1 rings (SSSR count). The zero-order chi connectivity index (χ0) is 12.7. The fourth-order valence-corrected chi connectivity index (χ4v) is 1.49. The van der Waals surface area contributed by atoms with Crippen LogP contribution in [-0.2, 0) is 0 Å². The van der Waals surface area contributed by atoms with Crippen LogP contribution in [0, 0.1) is 5.82 Å². The van der Waals surface area contributed by atoms with E-state index in [0.717, 1.165) is 25.6 Å². The van der Waals surface area contributed by atoms with Crippen LogP contribution < -0.4 is 16.4 Å². The molecule has 0 radical (unpaired) electrons. The molecule has 0 heterocycles. The van der Waals surface area contributed by atoms with Crippen LogP contribution in [-0.4, -0.2) is 25.5 Å². The second kappa shape index (κ2) is 6.85. The summed E-state index contributed by atoms with van der Waals surface area (Å²) in [4.78, 5) is 11.1. The van der Waals surface area contributed by atoms with E-state index < -0.39 is 11.7 Å². The van der Waals surface area contributed by atoms with Gasteiger partial charge in [-0.1, -0.05) is 6.92 Å². The lowest BCUT2D eigenvalue weighted by atomic mass is 10.1. The van der Waals surface area contributed by atoms with Gasteiger partial charge in [0.1, 0.15) is 5.82 Å². The van der Waals surface area contributed by atoms with E-state index in [1.165, 1.54) is 12.1 Å². The van der Waals surface area contributed by atoms with Crippen molar-refractivity contribution in [3.05, 3.63) is 29.6 Å². The number of primary amides is 1. The summed E-state index contributed by atoms with van der Waals surface area (Å²) in [5, 5.41) is 6.26. The standard InChI is InChI=1S/C12H18FN3O/c1-2-15-6-3-7-16-11-5-4-9(13)8-10(11)12(14)17/h4-5,8,15-16H,2-3,6-7H2,1H3,(H2,14,17). The van der Waals surface area contributed by atoms with E-state index in [-0.39, 0.29) is 5.56 Å². The van der Waals surface area contributed by atoms with Gasteiger partial charge in [0.25, 0.3) is 5.91 Å². The van der Waals surface area contributed by atoms with Crippen molar-refractivity contribution >= 4 is 11.6 Å². The van der Waals surface area contributed by atoms with Gasteiger partial charge in [0.15, 0.2) is 0 Å². The van der Waals surface area contributed by atoms with Gasteiger partial charge in [0, 0.05) is 12.2 Å². The van der Waals surface area contributed by atoms with Gasteiger partial charge in [-0.2, -0.15) is 0 Å². The van der Waals surface area contributed by atoms with Gasteiger partial charge in [-0.05, 0) is 37.7 Å². The molecule has 0 unspecified atom stereocenters. The minimum absolute atomic E-state index is 0.188. The molecule has 5 heteroatoms. The number of amides is 1. The Morgan fingerprint density at radius 2 is 2.18 bits per heavy atom. The van der Waals surface area contributed by atoms with Crippen LogP contribution in [0.25, 0.3) is 0 Å². The van der Waals surface area contributed by atoms with Gasteiger partial charge in [-0.25, -0.2) is 4.39 Å².